The Labute approximate surface area is 156 Å². The van der Waals surface area contributed by atoms with Crippen molar-refractivity contribution in [3.63, 3.8) is 0 Å². The minimum absolute atomic E-state index is 0.137. The number of phenolic OH excluding ortho intramolecular Hbond substituents is 1. The average Bonchev–Trinajstić information content (AvgIpc) is 2.52. The predicted octanol–water partition coefficient (Wildman–Crippen LogP) is 3.57. The Balaban J connectivity index is 2.74. The molecule has 142 valence electrons. The van der Waals surface area contributed by atoms with Crippen LogP contribution in [0.4, 0.5) is 0 Å². The maximum Gasteiger partial charge on any atom is 0.234 e. The molecular weight excluding hydrogens is 326 g/mol. The van der Waals surface area contributed by atoms with E-state index in [4.69, 9.17) is 0 Å². The van der Waals surface area contributed by atoms with Crippen molar-refractivity contribution in [3.8, 4) is 5.75 Å². The van der Waals surface area contributed by atoms with Crippen LogP contribution >= 0.6 is 0 Å². The molecule has 0 radical (unpaired) electrons. The molecule has 1 aromatic carbocycles. The third-order valence-corrected chi connectivity index (χ3v) is 4.62. The lowest BCUT2D eigenvalue weighted by molar-refractivity contribution is -0.120. The highest BCUT2D eigenvalue weighted by molar-refractivity contribution is 6.22. The van der Waals surface area contributed by atoms with E-state index in [0.29, 0.717) is 11.5 Å². The second kappa shape index (κ2) is 6.86. The minimum Gasteiger partial charge on any atom is -0.507 e. The Morgan fingerprint density at radius 1 is 1.08 bits per heavy atom. The quantitative estimate of drug-likeness (QED) is 0.849. The van der Waals surface area contributed by atoms with E-state index in [1.165, 1.54) is 0 Å². The van der Waals surface area contributed by atoms with Crippen molar-refractivity contribution in [3.05, 3.63) is 28.8 Å². The van der Waals surface area contributed by atoms with Gasteiger partial charge in [-0.1, -0.05) is 41.5 Å². The number of nitrogens with zero attached hydrogens (tertiary/aromatic N) is 2. The van der Waals surface area contributed by atoms with Crippen LogP contribution in [0, 0.1) is 5.92 Å². The summed E-state index contributed by atoms with van der Waals surface area (Å²) >= 11 is 0. The fourth-order valence-corrected chi connectivity index (χ4v) is 3.12. The molecule has 5 nitrogen and oxygen atoms in total. The minimum atomic E-state index is -0.527. The maximum absolute atomic E-state index is 12.4. The number of benzene rings is 1. The summed E-state index contributed by atoms with van der Waals surface area (Å²) in [6, 6.07) is 3.93. The summed E-state index contributed by atoms with van der Waals surface area (Å²) < 4.78 is 0. The van der Waals surface area contributed by atoms with Crippen LogP contribution in [0.1, 0.15) is 65.2 Å². The first-order valence-electron chi connectivity index (χ1n) is 9.07. The van der Waals surface area contributed by atoms with E-state index in [-0.39, 0.29) is 22.9 Å². The van der Waals surface area contributed by atoms with E-state index in [9.17, 15) is 9.90 Å². The normalized spacial score (nSPS) is 20.7. The van der Waals surface area contributed by atoms with Gasteiger partial charge in [-0.25, -0.2) is 0 Å². The monoisotopic (exact) mass is 357 g/mol. The molecule has 0 fully saturated rings. The van der Waals surface area contributed by atoms with Crippen LogP contribution in [0.15, 0.2) is 22.1 Å². The van der Waals surface area contributed by atoms with Crippen molar-refractivity contribution < 1.29 is 9.90 Å². The number of hydrogen-bond donors (Lipinski definition) is 2. The first-order valence-corrected chi connectivity index (χ1v) is 9.07. The lowest BCUT2D eigenvalue weighted by atomic mass is 9.77. The number of carbonyl (C=O) groups is 1. The predicted molar refractivity (Wildman–Crippen MR) is 108 cm³/mol. The van der Waals surface area contributed by atoms with Gasteiger partial charge >= 0.3 is 0 Å². The number of hydrogen-bond acceptors (Lipinski definition) is 4. The zero-order chi connectivity index (χ0) is 19.9. The summed E-state index contributed by atoms with van der Waals surface area (Å²) in [4.78, 5) is 21.3. The van der Waals surface area contributed by atoms with Gasteiger partial charge < -0.3 is 10.4 Å². The zero-order valence-electron chi connectivity index (χ0n) is 17.1. The fourth-order valence-electron chi connectivity index (χ4n) is 3.12. The van der Waals surface area contributed by atoms with Crippen molar-refractivity contribution in [1.82, 2.24) is 5.32 Å². The van der Waals surface area contributed by atoms with Crippen LogP contribution in [0.5, 0.6) is 5.75 Å². The van der Waals surface area contributed by atoms with Gasteiger partial charge in [0.25, 0.3) is 0 Å². The van der Waals surface area contributed by atoms with Gasteiger partial charge in [0.05, 0.1) is 5.71 Å². The highest BCUT2D eigenvalue weighted by Gasteiger charge is 2.31. The number of rotatable bonds is 2. The molecule has 2 atom stereocenters. The van der Waals surface area contributed by atoms with Crippen LogP contribution in [0.3, 0.4) is 0 Å². The highest BCUT2D eigenvalue weighted by Crippen LogP contribution is 2.40. The third-order valence-electron chi connectivity index (χ3n) is 4.62. The first-order chi connectivity index (χ1) is 11.9. The van der Waals surface area contributed by atoms with Gasteiger partial charge in [0.15, 0.2) is 0 Å². The van der Waals surface area contributed by atoms with E-state index < -0.39 is 5.92 Å². The van der Waals surface area contributed by atoms with Crippen molar-refractivity contribution in [2.75, 3.05) is 7.05 Å². The zero-order valence-corrected chi connectivity index (χ0v) is 17.1. The molecule has 26 heavy (non-hydrogen) atoms. The largest absolute Gasteiger partial charge is 0.507 e. The molecule has 1 heterocycles. The summed E-state index contributed by atoms with van der Waals surface area (Å²) in [6.45, 7) is 14.3. The third kappa shape index (κ3) is 3.97. The molecule has 0 saturated heterocycles. The summed E-state index contributed by atoms with van der Waals surface area (Å²) in [5, 5.41) is 13.6. The molecule has 0 saturated carbocycles. The molecule has 1 aromatic rings. The van der Waals surface area contributed by atoms with Crippen LogP contribution < -0.4 is 5.32 Å². The molecule has 5 heteroatoms. The molecule has 2 N–H and O–H groups in total. The van der Waals surface area contributed by atoms with Gasteiger partial charge in [0, 0.05) is 24.4 Å². The van der Waals surface area contributed by atoms with Gasteiger partial charge in [-0.05, 0) is 35.4 Å². The summed E-state index contributed by atoms with van der Waals surface area (Å²) in [5.41, 5.74) is 2.80. The second-order valence-corrected chi connectivity index (χ2v) is 8.96. The Morgan fingerprint density at radius 3 is 2.00 bits per heavy atom. The van der Waals surface area contributed by atoms with E-state index in [1.54, 1.807) is 13.3 Å². The van der Waals surface area contributed by atoms with E-state index in [1.807, 2.05) is 19.1 Å². The molecule has 1 aliphatic rings. The summed E-state index contributed by atoms with van der Waals surface area (Å²) in [6.07, 6.45) is 1.45. The molecule has 2 unspecified atom stereocenters. The Bertz CT molecular complexity index is 729. The van der Waals surface area contributed by atoms with Gasteiger partial charge in [0.1, 0.15) is 17.8 Å². The number of carbonyl (C=O) groups excluding carboxylic acids is 1. The molecule has 0 spiro atoms. The highest BCUT2D eigenvalue weighted by atomic mass is 16.3. The van der Waals surface area contributed by atoms with Gasteiger partial charge in [-0.3, -0.25) is 14.8 Å². The van der Waals surface area contributed by atoms with E-state index >= 15 is 0 Å². The SMILES string of the molecule is CNC(=O)C1C=NC(C)N=C1c1cc(C(C)(C)C)c(O)c(C(C)(C)C)c1. The molecule has 1 aliphatic heterocycles. The van der Waals surface area contributed by atoms with Gasteiger partial charge in [-0.15, -0.1) is 0 Å². The topological polar surface area (TPSA) is 74.0 Å². The van der Waals surface area contributed by atoms with Gasteiger partial charge in [-0.2, -0.15) is 0 Å². The fraction of sp³-hybridized carbons (Fsp3) is 0.571. The number of nitrogens with one attached hydrogen (secondary N) is 1. The smallest absolute Gasteiger partial charge is 0.234 e. The van der Waals surface area contributed by atoms with Crippen LogP contribution in [-0.2, 0) is 15.6 Å². The molecule has 0 aliphatic carbocycles. The van der Waals surface area contributed by atoms with Crippen molar-refractivity contribution in [2.45, 2.75) is 65.5 Å². The Hall–Kier alpha value is -2.17. The Morgan fingerprint density at radius 2 is 1.58 bits per heavy atom. The first kappa shape index (κ1) is 20.1. The number of amides is 1. The molecule has 2 rings (SSSR count). The number of aliphatic imine (C=N–C) groups is 2. The average molecular weight is 357 g/mol. The van der Waals surface area contributed by atoms with Crippen molar-refractivity contribution >= 4 is 17.8 Å². The lowest BCUT2D eigenvalue weighted by Crippen LogP contribution is -2.37. The van der Waals surface area contributed by atoms with Crippen LogP contribution in [0.2, 0.25) is 0 Å². The Kier molecular flexibility index (Phi) is 5.31. The summed E-state index contributed by atoms with van der Waals surface area (Å²) in [7, 11) is 1.61. The van der Waals surface area contributed by atoms with Crippen molar-refractivity contribution in [1.29, 1.82) is 0 Å². The van der Waals surface area contributed by atoms with E-state index in [2.05, 4.69) is 56.8 Å². The van der Waals surface area contributed by atoms with Gasteiger partial charge in [0.2, 0.25) is 5.91 Å². The number of phenols is 1. The lowest BCUT2D eigenvalue weighted by Gasteiger charge is -2.29. The van der Waals surface area contributed by atoms with Crippen LogP contribution in [-0.4, -0.2) is 36.2 Å². The maximum atomic E-state index is 12.4. The summed E-state index contributed by atoms with van der Waals surface area (Å²) in [5.74, 6) is -0.341. The second-order valence-electron chi connectivity index (χ2n) is 8.96. The van der Waals surface area contributed by atoms with Crippen LogP contribution in [0.25, 0.3) is 0 Å². The molecule has 0 bridgehead atoms. The molecular formula is C21H31N3O2. The number of aromatic hydroxyl groups is 1. The standard InChI is InChI=1S/C21H31N3O2/c1-12-23-11-14(19(26)22-8)17(24-12)13-9-15(20(2,3)4)18(25)16(10-13)21(5,6)7/h9-12,14,25H,1-8H3,(H,22,26). The van der Waals surface area contributed by atoms with E-state index in [0.717, 1.165) is 16.7 Å². The molecule has 1 amide bonds. The molecule has 0 aromatic heterocycles. The van der Waals surface area contributed by atoms with Crippen molar-refractivity contribution in [2.24, 2.45) is 15.9 Å².